The number of aromatic nitrogens is 1. The van der Waals surface area contributed by atoms with Gasteiger partial charge in [0.2, 0.25) is 0 Å². The van der Waals surface area contributed by atoms with Gasteiger partial charge in [0, 0.05) is 24.6 Å². The fraction of sp³-hybridized carbons (Fsp3) is 0.294. The summed E-state index contributed by atoms with van der Waals surface area (Å²) in [5.41, 5.74) is 7.67. The lowest BCUT2D eigenvalue weighted by atomic mass is 10.1. The van der Waals surface area contributed by atoms with Crippen LogP contribution in [0.15, 0.2) is 42.7 Å². The average molecular weight is 314 g/mol. The maximum Gasteiger partial charge on any atom is 0.255 e. The number of rotatable bonds is 6. The maximum atomic E-state index is 12.3. The van der Waals surface area contributed by atoms with Crippen molar-refractivity contribution in [2.45, 2.75) is 6.04 Å². The number of nitrogens with two attached hydrogens (primary N) is 1. The van der Waals surface area contributed by atoms with E-state index in [1.54, 1.807) is 19.4 Å². The average Bonchev–Trinajstić information content (AvgIpc) is 2.55. The third-order valence-corrected chi connectivity index (χ3v) is 3.66. The topological polar surface area (TPSA) is 80.5 Å². The van der Waals surface area contributed by atoms with Gasteiger partial charge >= 0.3 is 0 Å². The number of amides is 1. The Bertz CT molecular complexity index is 673. The molecule has 6 nitrogen and oxygen atoms in total. The van der Waals surface area contributed by atoms with Gasteiger partial charge in [-0.3, -0.25) is 9.78 Å². The first-order chi connectivity index (χ1) is 11.0. The second-order valence-corrected chi connectivity index (χ2v) is 5.43. The van der Waals surface area contributed by atoms with Crippen LogP contribution in [-0.4, -0.2) is 43.5 Å². The smallest absolute Gasteiger partial charge is 0.255 e. The number of nitrogens with zero attached hydrogens (tertiary/aromatic N) is 2. The summed E-state index contributed by atoms with van der Waals surface area (Å²) in [5, 5.41) is 2.92. The molecular formula is C17H22N4O2. The molecule has 0 saturated carbocycles. The monoisotopic (exact) mass is 314 g/mol. The first-order valence-corrected chi connectivity index (χ1v) is 7.31. The Morgan fingerprint density at radius 1 is 1.39 bits per heavy atom. The van der Waals surface area contributed by atoms with E-state index in [0.717, 1.165) is 11.3 Å². The summed E-state index contributed by atoms with van der Waals surface area (Å²) >= 11 is 0. The molecule has 0 fully saturated rings. The van der Waals surface area contributed by atoms with E-state index in [2.05, 4.69) is 10.3 Å². The highest BCUT2D eigenvalue weighted by Crippen LogP contribution is 2.22. The molecule has 1 atom stereocenters. The predicted molar refractivity (Wildman–Crippen MR) is 90.4 cm³/mol. The molecule has 0 aliphatic heterocycles. The molecule has 6 heteroatoms. The number of nitrogens with one attached hydrogen (secondary N) is 1. The van der Waals surface area contributed by atoms with E-state index in [-0.39, 0.29) is 11.9 Å². The molecule has 1 aromatic carbocycles. The lowest BCUT2D eigenvalue weighted by Gasteiger charge is -2.25. The maximum absolute atomic E-state index is 12.3. The van der Waals surface area contributed by atoms with Crippen LogP contribution in [0.2, 0.25) is 0 Å². The van der Waals surface area contributed by atoms with Crippen molar-refractivity contribution in [2.24, 2.45) is 0 Å². The van der Waals surface area contributed by atoms with Crippen LogP contribution in [0.1, 0.15) is 22.0 Å². The molecule has 1 amide bonds. The highest BCUT2D eigenvalue weighted by molar-refractivity contribution is 5.98. The van der Waals surface area contributed by atoms with Gasteiger partial charge < -0.3 is 20.7 Å². The Labute approximate surface area is 136 Å². The van der Waals surface area contributed by atoms with Gasteiger partial charge in [0.05, 0.1) is 18.7 Å². The minimum atomic E-state index is -0.231. The highest BCUT2D eigenvalue weighted by Gasteiger charge is 2.17. The molecule has 1 unspecified atom stereocenters. The van der Waals surface area contributed by atoms with Gasteiger partial charge in [0.1, 0.15) is 5.75 Å². The SMILES string of the molecule is COc1cccc(C(CNC(=O)c2cnccc2N)N(C)C)c1. The molecule has 0 aliphatic carbocycles. The lowest BCUT2D eigenvalue weighted by molar-refractivity contribution is 0.0942. The standard InChI is InChI=1S/C17H22N4O2/c1-21(2)16(12-5-4-6-13(9-12)23-3)11-20-17(22)14-10-19-8-7-15(14)18/h4-10,16H,11H2,1-3H3,(H2,18,19)(H,20,22). The van der Waals surface area contributed by atoms with Crippen molar-refractivity contribution in [2.75, 3.05) is 33.5 Å². The molecule has 23 heavy (non-hydrogen) atoms. The predicted octanol–water partition coefficient (Wildman–Crippen LogP) is 1.71. The quantitative estimate of drug-likeness (QED) is 0.848. The molecule has 0 aliphatic rings. The Balaban J connectivity index is 2.11. The van der Waals surface area contributed by atoms with Gasteiger partial charge in [-0.2, -0.15) is 0 Å². The largest absolute Gasteiger partial charge is 0.497 e. The van der Waals surface area contributed by atoms with Crippen LogP contribution in [0, 0.1) is 0 Å². The van der Waals surface area contributed by atoms with E-state index in [9.17, 15) is 4.79 Å². The molecule has 0 spiro atoms. The van der Waals surface area contributed by atoms with Gasteiger partial charge in [-0.1, -0.05) is 12.1 Å². The van der Waals surface area contributed by atoms with Crippen LogP contribution in [-0.2, 0) is 0 Å². The molecule has 2 rings (SSSR count). The van der Waals surface area contributed by atoms with Crippen molar-refractivity contribution in [1.29, 1.82) is 0 Å². The summed E-state index contributed by atoms with van der Waals surface area (Å²) in [5.74, 6) is 0.558. The second kappa shape index (κ2) is 7.60. The zero-order chi connectivity index (χ0) is 16.8. The lowest BCUT2D eigenvalue weighted by Crippen LogP contribution is -2.34. The summed E-state index contributed by atoms with van der Waals surface area (Å²) in [6, 6.07) is 9.44. The van der Waals surface area contributed by atoms with E-state index < -0.39 is 0 Å². The fourth-order valence-corrected chi connectivity index (χ4v) is 2.33. The van der Waals surface area contributed by atoms with Crippen LogP contribution >= 0.6 is 0 Å². The molecule has 0 saturated heterocycles. The van der Waals surface area contributed by atoms with Crippen LogP contribution in [0.25, 0.3) is 0 Å². The molecule has 1 heterocycles. The van der Waals surface area contributed by atoms with Crippen LogP contribution in [0.4, 0.5) is 5.69 Å². The third kappa shape index (κ3) is 4.20. The number of benzene rings is 1. The van der Waals surface area contributed by atoms with Crippen molar-refractivity contribution in [3.05, 3.63) is 53.9 Å². The van der Waals surface area contributed by atoms with Gasteiger partial charge in [-0.25, -0.2) is 0 Å². The van der Waals surface area contributed by atoms with Crippen molar-refractivity contribution in [3.8, 4) is 5.75 Å². The second-order valence-electron chi connectivity index (χ2n) is 5.43. The molecule has 122 valence electrons. The summed E-state index contributed by atoms with van der Waals surface area (Å²) in [6.07, 6.45) is 3.03. The number of ether oxygens (including phenoxy) is 1. The van der Waals surface area contributed by atoms with Gasteiger partial charge in [-0.05, 0) is 37.9 Å². The zero-order valence-electron chi connectivity index (χ0n) is 13.6. The number of methoxy groups -OCH3 is 1. The van der Waals surface area contributed by atoms with Crippen LogP contribution in [0.5, 0.6) is 5.75 Å². The van der Waals surface area contributed by atoms with Crippen LogP contribution < -0.4 is 15.8 Å². The number of pyridine rings is 1. The zero-order valence-corrected chi connectivity index (χ0v) is 13.6. The number of anilines is 1. The highest BCUT2D eigenvalue weighted by atomic mass is 16.5. The number of likely N-dealkylation sites (N-methyl/N-ethyl adjacent to an activating group) is 1. The van der Waals surface area contributed by atoms with Gasteiger partial charge in [-0.15, -0.1) is 0 Å². The van der Waals surface area contributed by atoms with E-state index >= 15 is 0 Å². The Kier molecular flexibility index (Phi) is 5.54. The van der Waals surface area contributed by atoms with Gasteiger partial charge in [0.15, 0.2) is 0 Å². The first-order valence-electron chi connectivity index (χ1n) is 7.31. The molecule has 0 radical (unpaired) electrons. The molecular weight excluding hydrogens is 292 g/mol. The summed E-state index contributed by atoms with van der Waals surface area (Å²) < 4.78 is 5.26. The fourth-order valence-electron chi connectivity index (χ4n) is 2.33. The normalized spacial score (nSPS) is 12.0. The van der Waals surface area contributed by atoms with E-state index in [1.165, 1.54) is 6.20 Å². The number of nitrogen functional groups attached to an aromatic ring is 1. The van der Waals surface area contributed by atoms with E-state index in [0.29, 0.717) is 17.8 Å². The first kappa shape index (κ1) is 16.8. The molecule has 2 aromatic rings. The number of hydrogen-bond donors (Lipinski definition) is 2. The number of carbonyl (C=O) groups excluding carboxylic acids is 1. The summed E-state index contributed by atoms with van der Waals surface area (Å²) in [4.78, 5) is 18.3. The van der Waals surface area contributed by atoms with Crippen molar-refractivity contribution < 1.29 is 9.53 Å². The summed E-state index contributed by atoms with van der Waals surface area (Å²) in [6.45, 7) is 0.452. The molecule has 0 bridgehead atoms. The summed E-state index contributed by atoms with van der Waals surface area (Å²) in [7, 11) is 5.57. The van der Waals surface area contributed by atoms with E-state index in [4.69, 9.17) is 10.5 Å². The number of carbonyl (C=O) groups is 1. The molecule has 1 aromatic heterocycles. The van der Waals surface area contributed by atoms with Crippen LogP contribution in [0.3, 0.4) is 0 Å². The molecule has 3 N–H and O–H groups in total. The van der Waals surface area contributed by atoms with E-state index in [1.807, 2.05) is 43.3 Å². The van der Waals surface area contributed by atoms with Crippen molar-refractivity contribution >= 4 is 11.6 Å². The minimum Gasteiger partial charge on any atom is -0.497 e. The Morgan fingerprint density at radius 3 is 2.83 bits per heavy atom. The third-order valence-electron chi connectivity index (χ3n) is 3.66. The Morgan fingerprint density at radius 2 is 2.17 bits per heavy atom. The van der Waals surface area contributed by atoms with Crippen molar-refractivity contribution in [1.82, 2.24) is 15.2 Å². The van der Waals surface area contributed by atoms with Crippen molar-refractivity contribution in [3.63, 3.8) is 0 Å². The number of hydrogen-bond acceptors (Lipinski definition) is 5. The Hall–Kier alpha value is -2.60. The minimum absolute atomic E-state index is 0.0203. The van der Waals surface area contributed by atoms with Gasteiger partial charge in [0.25, 0.3) is 5.91 Å².